The van der Waals surface area contributed by atoms with E-state index >= 15 is 0 Å². The van der Waals surface area contributed by atoms with Gasteiger partial charge in [-0.2, -0.15) is 0 Å². The Labute approximate surface area is 128 Å². The van der Waals surface area contributed by atoms with E-state index in [1.165, 1.54) is 0 Å². The lowest BCUT2D eigenvalue weighted by Crippen LogP contribution is -2.56. The summed E-state index contributed by atoms with van der Waals surface area (Å²) in [7, 11) is 1.57. The van der Waals surface area contributed by atoms with Crippen LogP contribution in [0.1, 0.15) is 18.1 Å². The van der Waals surface area contributed by atoms with Crippen molar-refractivity contribution in [1.82, 2.24) is 10.2 Å². The van der Waals surface area contributed by atoms with Crippen LogP contribution >= 0.6 is 12.2 Å². The second-order valence-corrected chi connectivity index (χ2v) is 5.32. The minimum Gasteiger partial charge on any atom is -0.496 e. The van der Waals surface area contributed by atoms with Crippen molar-refractivity contribution >= 4 is 29.0 Å². The number of amides is 2. The average molecular weight is 307 g/mol. The Bertz CT molecular complexity index is 603. The smallest absolute Gasteiger partial charge is 0.243 e. The Kier molecular flexibility index (Phi) is 4.54. The van der Waals surface area contributed by atoms with Crippen LogP contribution in [0.4, 0.5) is 0 Å². The molecule has 1 aliphatic rings. The highest BCUT2D eigenvalue weighted by Crippen LogP contribution is 2.23. The lowest BCUT2D eigenvalue weighted by atomic mass is 10.1. The summed E-state index contributed by atoms with van der Waals surface area (Å²) in [6.45, 7) is 2.32. The second-order valence-electron chi connectivity index (χ2n) is 4.88. The van der Waals surface area contributed by atoms with Crippen molar-refractivity contribution in [3.8, 4) is 5.75 Å². The SMILES string of the molecule is COc1ccc(C(N)=S)cc1CN1CC(=O)NC(=O)C1C. The number of rotatable bonds is 4. The summed E-state index contributed by atoms with van der Waals surface area (Å²) in [6.07, 6.45) is 0. The van der Waals surface area contributed by atoms with E-state index in [9.17, 15) is 9.59 Å². The zero-order chi connectivity index (χ0) is 15.6. The van der Waals surface area contributed by atoms with Crippen molar-refractivity contribution in [2.75, 3.05) is 13.7 Å². The third-order valence-electron chi connectivity index (χ3n) is 3.47. The van der Waals surface area contributed by atoms with Crippen molar-refractivity contribution in [2.45, 2.75) is 19.5 Å². The number of nitrogens with two attached hydrogens (primary N) is 1. The molecule has 1 aromatic rings. The normalized spacial score (nSPS) is 19.2. The van der Waals surface area contributed by atoms with Crippen LogP contribution in [0.3, 0.4) is 0 Å². The van der Waals surface area contributed by atoms with Crippen LogP contribution in [-0.2, 0) is 16.1 Å². The van der Waals surface area contributed by atoms with Gasteiger partial charge < -0.3 is 10.5 Å². The Hall–Kier alpha value is -1.99. The van der Waals surface area contributed by atoms with Crippen LogP contribution in [0.15, 0.2) is 18.2 Å². The zero-order valence-electron chi connectivity index (χ0n) is 11.9. The molecule has 0 aromatic heterocycles. The van der Waals surface area contributed by atoms with Crippen molar-refractivity contribution in [3.05, 3.63) is 29.3 Å². The topological polar surface area (TPSA) is 84.7 Å². The molecule has 1 atom stereocenters. The molecule has 0 saturated carbocycles. The van der Waals surface area contributed by atoms with Crippen LogP contribution in [0.5, 0.6) is 5.75 Å². The van der Waals surface area contributed by atoms with Gasteiger partial charge in [-0.25, -0.2) is 0 Å². The molecule has 7 heteroatoms. The number of ether oxygens (including phenoxy) is 1. The van der Waals surface area contributed by atoms with Gasteiger partial charge in [-0.05, 0) is 25.1 Å². The first-order valence-electron chi connectivity index (χ1n) is 6.47. The summed E-state index contributed by atoms with van der Waals surface area (Å²) >= 11 is 4.97. The van der Waals surface area contributed by atoms with Crippen molar-refractivity contribution in [2.24, 2.45) is 5.73 Å². The first kappa shape index (κ1) is 15.4. The molecule has 6 nitrogen and oxygen atoms in total. The Morgan fingerprint density at radius 3 is 2.86 bits per heavy atom. The Morgan fingerprint density at radius 1 is 1.52 bits per heavy atom. The van der Waals surface area contributed by atoms with E-state index in [4.69, 9.17) is 22.7 Å². The van der Waals surface area contributed by atoms with E-state index in [0.717, 1.165) is 11.1 Å². The summed E-state index contributed by atoms with van der Waals surface area (Å²) in [5.41, 5.74) is 7.19. The zero-order valence-corrected chi connectivity index (χ0v) is 12.7. The molecule has 0 spiro atoms. The summed E-state index contributed by atoms with van der Waals surface area (Å²) < 4.78 is 5.31. The standard InChI is InChI=1S/C14H17N3O3S/c1-8-14(19)16-12(18)7-17(8)6-10-5-9(13(15)21)3-4-11(10)20-2/h3-5,8H,6-7H2,1-2H3,(H2,15,21)(H,16,18,19). The van der Waals surface area contributed by atoms with E-state index in [-0.39, 0.29) is 24.4 Å². The van der Waals surface area contributed by atoms with E-state index < -0.39 is 0 Å². The molecule has 2 amide bonds. The van der Waals surface area contributed by atoms with Gasteiger partial charge in [0.15, 0.2) is 0 Å². The molecule has 1 heterocycles. The number of carbonyl (C=O) groups is 2. The van der Waals surface area contributed by atoms with Gasteiger partial charge in [-0.1, -0.05) is 12.2 Å². The minimum absolute atomic E-state index is 0.160. The number of hydrogen-bond donors (Lipinski definition) is 2. The first-order valence-corrected chi connectivity index (χ1v) is 6.87. The number of carbonyl (C=O) groups excluding carboxylic acids is 2. The first-order chi connectivity index (χ1) is 9.92. The van der Waals surface area contributed by atoms with Gasteiger partial charge >= 0.3 is 0 Å². The van der Waals surface area contributed by atoms with Crippen LogP contribution < -0.4 is 15.8 Å². The molecule has 1 saturated heterocycles. The van der Waals surface area contributed by atoms with Gasteiger partial charge in [-0.15, -0.1) is 0 Å². The molecule has 1 unspecified atom stereocenters. The van der Waals surface area contributed by atoms with Gasteiger partial charge in [0.2, 0.25) is 11.8 Å². The van der Waals surface area contributed by atoms with Gasteiger partial charge in [0.1, 0.15) is 10.7 Å². The molecule has 0 radical (unpaired) electrons. The molecule has 0 aliphatic carbocycles. The van der Waals surface area contributed by atoms with Gasteiger partial charge in [0.25, 0.3) is 0 Å². The number of methoxy groups -OCH3 is 1. The predicted octanol–water partition coefficient (Wildman–Crippen LogP) is 0.176. The molecule has 2 rings (SSSR count). The van der Waals surface area contributed by atoms with E-state index in [0.29, 0.717) is 17.3 Å². The van der Waals surface area contributed by atoms with Gasteiger partial charge in [0.05, 0.1) is 19.7 Å². The lowest BCUT2D eigenvalue weighted by Gasteiger charge is -2.31. The summed E-state index contributed by atoms with van der Waals surface area (Å²) in [4.78, 5) is 25.3. The fourth-order valence-corrected chi connectivity index (χ4v) is 2.36. The van der Waals surface area contributed by atoms with Crippen LogP contribution in [0.25, 0.3) is 0 Å². The van der Waals surface area contributed by atoms with Crippen LogP contribution in [0, 0.1) is 0 Å². The van der Waals surface area contributed by atoms with Crippen LogP contribution in [-0.4, -0.2) is 41.4 Å². The molecular weight excluding hydrogens is 290 g/mol. The third-order valence-corrected chi connectivity index (χ3v) is 3.71. The van der Waals surface area contributed by atoms with Gasteiger partial charge in [0, 0.05) is 17.7 Å². The second kappa shape index (κ2) is 6.19. The highest BCUT2D eigenvalue weighted by atomic mass is 32.1. The monoisotopic (exact) mass is 307 g/mol. The predicted molar refractivity (Wildman–Crippen MR) is 81.9 cm³/mol. The van der Waals surface area contributed by atoms with Crippen molar-refractivity contribution in [3.63, 3.8) is 0 Å². The summed E-state index contributed by atoms with van der Waals surface area (Å²) in [5.74, 6) is 0.0684. The van der Waals surface area contributed by atoms with Crippen molar-refractivity contribution < 1.29 is 14.3 Å². The number of benzene rings is 1. The minimum atomic E-state index is -0.388. The quantitative estimate of drug-likeness (QED) is 0.609. The number of imide groups is 1. The fraction of sp³-hybridized carbons (Fsp3) is 0.357. The average Bonchev–Trinajstić information content (AvgIpc) is 2.44. The number of hydrogen-bond acceptors (Lipinski definition) is 5. The van der Waals surface area contributed by atoms with E-state index in [1.54, 1.807) is 31.1 Å². The fourth-order valence-electron chi connectivity index (χ4n) is 2.24. The number of nitrogens with zero attached hydrogens (tertiary/aromatic N) is 1. The molecule has 0 bridgehead atoms. The third kappa shape index (κ3) is 3.37. The summed E-state index contributed by atoms with van der Waals surface area (Å²) in [6, 6.07) is 4.99. The molecule has 1 aliphatic heterocycles. The van der Waals surface area contributed by atoms with Crippen LogP contribution in [0.2, 0.25) is 0 Å². The maximum Gasteiger partial charge on any atom is 0.243 e. The van der Waals surface area contributed by atoms with E-state index in [1.807, 2.05) is 6.07 Å². The molecule has 1 aromatic carbocycles. The summed E-state index contributed by atoms with van der Waals surface area (Å²) in [5, 5.41) is 2.31. The molecular formula is C14H17N3O3S. The number of nitrogens with one attached hydrogen (secondary N) is 1. The molecule has 3 N–H and O–H groups in total. The van der Waals surface area contributed by atoms with E-state index in [2.05, 4.69) is 5.32 Å². The molecule has 112 valence electrons. The largest absolute Gasteiger partial charge is 0.496 e. The van der Waals surface area contributed by atoms with Crippen molar-refractivity contribution in [1.29, 1.82) is 0 Å². The molecule has 1 fully saturated rings. The maximum absolute atomic E-state index is 11.7. The number of piperazine rings is 1. The highest BCUT2D eigenvalue weighted by molar-refractivity contribution is 7.80. The Morgan fingerprint density at radius 2 is 2.24 bits per heavy atom. The Balaban J connectivity index is 2.28. The highest BCUT2D eigenvalue weighted by Gasteiger charge is 2.30. The molecule has 21 heavy (non-hydrogen) atoms. The van der Waals surface area contributed by atoms with Gasteiger partial charge in [-0.3, -0.25) is 19.8 Å². The lowest BCUT2D eigenvalue weighted by molar-refractivity contribution is -0.139. The maximum atomic E-state index is 11.7. The number of thiocarbonyl (C=S) groups is 1.